The number of nitrogens with one attached hydrogen (secondary N) is 2. The van der Waals surface area contributed by atoms with Crippen LogP contribution in [0.4, 0.5) is 20.6 Å². The van der Waals surface area contributed by atoms with E-state index in [0.717, 1.165) is 0 Å². The average Bonchev–Trinajstić information content (AvgIpc) is 2.41. The van der Waals surface area contributed by atoms with Gasteiger partial charge in [0.2, 0.25) is 0 Å². The molecule has 5 nitrogen and oxygen atoms in total. The van der Waals surface area contributed by atoms with E-state index in [-0.39, 0.29) is 16.3 Å². The standard InChI is InChI=1S/C14H10ClFN2O3/c15-10-7-8(5-6-9(10)13(19)20)17-14(21)18-12-4-2-1-3-11(12)16/h1-7H,(H,19,20)(H2,17,18,21). The number of carbonyl (C=O) groups excluding carboxylic acids is 1. The van der Waals surface area contributed by atoms with Crippen LogP contribution >= 0.6 is 11.6 Å². The number of hydrogen-bond donors (Lipinski definition) is 3. The second-order valence-electron chi connectivity index (χ2n) is 4.06. The largest absolute Gasteiger partial charge is 0.478 e. The molecule has 0 atom stereocenters. The molecule has 0 saturated heterocycles. The van der Waals surface area contributed by atoms with Gasteiger partial charge in [-0.15, -0.1) is 0 Å². The van der Waals surface area contributed by atoms with Crippen molar-refractivity contribution in [3.63, 3.8) is 0 Å². The minimum absolute atomic E-state index is 0.00816. The number of carboxylic acid groups (broad SMARTS) is 1. The molecule has 3 N–H and O–H groups in total. The number of urea groups is 1. The van der Waals surface area contributed by atoms with Crippen LogP contribution in [0.1, 0.15) is 10.4 Å². The minimum atomic E-state index is -1.16. The highest BCUT2D eigenvalue weighted by molar-refractivity contribution is 6.33. The summed E-state index contributed by atoms with van der Waals surface area (Å²) in [4.78, 5) is 22.5. The van der Waals surface area contributed by atoms with E-state index >= 15 is 0 Å². The number of hydrogen-bond acceptors (Lipinski definition) is 2. The second kappa shape index (κ2) is 6.23. The van der Waals surface area contributed by atoms with Gasteiger partial charge in [0.05, 0.1) is 16.3 Å². The van der Waals surface area contributed by atoms with Gasteiger partial charge >= 0.3 is 12.0 Å². The van der Waals surface area contributed by atoms with Crippen molar-refractivity contribution in [1.29, 1.82) is 0 Å². The van der Waals surface area contributed by atoms with Gasteiger partial charge in [0, 0.05) is 5.69 Å². The fraction of sp³-hybridized carbons (Fsp3) is 0. The van der Waals surface area contributed by atoms with Crippen LogP contribution in [0.15, 0.2) is 42.5 Å². The lowest BCUT2D eigenvalue weighted by Crippen LogP contribution is -2.20. The SMILES string of the molecule is O=C(Nc1ccc(C(=O)O)c(Cl)c1)Nc1ccccc1F. The highest BCUT2D eigenvalue weighted by atomic mass is 35.5. The Bertz CT molecular complexity index is 706. The summed E-state index contributed by atoms with van der Waals surface area (Å²) in [6.45, 7) is 0. The van der Waals surface area contributed by atoms with Crippen LogP contribution in [-0.2, 0) is 0 Å². The van der Waals surface area contributed by atoms with E-state index in [0.29, 0.717) is 5.69 Å². The van der Waals surface area contributed by atoms with Crippen molar-refractivity contribution in [2.75, 3.05) is 10.6 Å². The van der Waals surface area contributed by atoms with Gasteiger partial charge < -0.3 is 15.7 Å². The van der Waals surface area contributed by atoms with Gasteiger partial charge in [-0.1, -0.05) is 23.7 Å². The topological polar surface area (TPSA) is 78.4 Å². The molecule has 0 aliphatic carbocycles. The molecule has 0 heterocycles. The Labute approximate surface area is 124 Å². The zero-order valence-electron chi connectivity index (χ0n) is 10.6. The summed E-state index contributed by atoms with van der Waals surface area (Å²) in [5, 5.41) is 13.6. The van der Waals surface area contributed by atoms with Gasteiger partial charge in [-0.05, 0) is 30.3 Å². The van der Waals surface area contributed by atoms with Gasteiger partial charge in [0.1, 0.15) is 5.82 Å². The third-order valence-electron chi connectivity index (χ3n) is 2.58. The first-order valence-corrected chi connectivity index (χ1v) is 6.20. The number of amides is 2. The molecule has 7 heteroatoms. The van der Waals surface area contributed by atoms with Gasteiger partial charge in [0.15, 0.2) is 0 Å². The summed E-state index contributed by atoms with van der Waals surface area (Å²) < 4.78 is 13.4. The summed E-state index contributed by atoms with van der Waals surface area (Å²) in [6, 6.07) is 8.99. The molecule has 0 saturated carbocycles. The van der Waals surface area contributed by atoms with Crippen LogP contribution in [-0.4, -0.2) is 17.1 Å². The Morgan fingerprint density at radius 3 is 2.43 bits per heavy atom. The van der Waals surface area contributed by atoms with E-state index in [2.05, 4.69) is 10.6 Å². The maximum absolute atomic E-state index is 13.4. The predicted octanol–water partition coefficient (Wildman–Crippen LogP) is 3.82. The highest BCUT2D eigenvalue weighted by Gasteiger charge is 2.11. The van der Waals surface area contributed by atoms with Crippen LogP contribution < -0.4 is 10.6 Å². The number of aromatic carboxylic acids is 1. The van der Waals surface area contributed by atoms with E-state index in [4.69, 9.17) is 16.7 Å². The molecule has 0 spiro atoms. The highest BCUT2D eigenvalue weighted by Crippen LogP contribution is 2.21. The van der Waals surface area contributed by atoms with E-state index in [9.17, 15) is 14.0 Å². The summed E-state index contributed by atoms with van der Waals surface area (Å²) in [5.41, 5.74) is 0.249. The van der Waals surface area contributed by atoms with E-state index in [1.807, 2.05) is 0 Å². The van der Waals surface area contributed by atoms with Crippen molar-refractivity contribution in [2.24, 2.45) is 0 Å². The Hall–Kier alpha value is -2.60. The first-order chi connectivity index (χ1) is 9.97. The van der Waals surface area contributed by atoms with Crippen molar-refractivity contribution < 1.29 is 19.1 Å². The molecule has 0 aromatic heterocycles. The van der Waals surface area contributed by atoms with Crippen LogP contribution in [0, 0.1) is 5.82 Å². The molecule has 2 aromatic rings. The molecular weight excluding hydrogens is 299 g/mol. The van der Waals surface area contributed by atoms with Crippen LogP contribution in [0.3, 0.4) is 0 Å². The number of anilines is 2. The first-order valence-electron chi connectivity index (χ1n) is 5.83. The number of benzene rings is 2. The Morgan fingerprint density at radius 1 is 1.10 bits per heavy atom. The average molecular weight is 309 g/mol. The zero-order valence-corrected chi connectivity index (χ0v) is 11.3. The molecule has 21 heavy (non-hydrogen) atoms. The molecular formula is C14H10ClFN2O3. The molecule has 108 valence electrons. The van der Waals surface area contributed by atoms with Crippen molar-refractivity contribution in [1.82, 2.24) is 0 Å². The summed E-state index contributed by atoms with van der Waals surface area (Å²) in [7, 11) is 0. The van der Waals surface area contributed by atoms with Crippen molar-refractivity contribution in [3.05, 3.63) is 58.9 Å². The molecule has 0 radical (unpaired) electrons. The monoisotopic (exact) mass is 308 g/mol. The fourth-order valence-corrected chi connectivity index (χ4v) is 1.87. The normalized spacial score (nSPS) is 10.0. The fourth-order valence-electron chi connectivity index (χ4n) is 1.61. The van der Waals surface area contributed by atoms with Crippen molar-refractivity contribution in [3.8, 4) is 0 Å². The molecule has 2 aromatic carbocycles. The summed E-state index contributed by atoms with van der Waals surface area (Å²) in [6.07, 6.45) is 0. The lowest BCUT2D eigenvalue weighted by molar-refractivity contribution is 0.0697. The van der Waals surface area contributed by atoms with Crippen LogP contribution in [0.2, 0.25) is 5.02 Å². The van der Waals surface area contributed by atoms with Gasteiger partial charge in [-0.3, -0.25) is 0 Å². The zero-order chi connectivity index (χ0) is 15.4. The van der Waals surface area contributed by atoms with Crippen LogP contribution in [0.25, 0.3) is 0 Å². The Kier molecular flexibility index (Phi) is 4.39. The molecule has 0 aliphatic heterocycles. The van der Waals surface area contributed by atoms with Gasteiger partial charge in [-0.2, -0.15) is 0 Å². The number of carbonyl (C=O) groups is 2. The molecule has 2 rings (SSSR count). The second-order valence-corrected chi connectivity index (χ2v) is 4.47. The lowest BCUT2D eigenvalue weighted by Gasteiger charge is -2.09. The van der Waals surface area contributed by atoms with E-state index in [1.165, 1.54) is 36.4 Å². The van der Waals surface area contributed by atoms with Crippen molar-refractivity contribution in [2.45, 2.75) is 0 Å². The number of halogens is 2. The molecule has 0 bridgehead atoms. The smallest absolute Gasteiger partial charge is 0.337 e. The maximum Gasteiger partial charge on any atom is 0.337 e. The number of carboxylic acids is 1. The number of para-hydroxylation sites is 1. The lowest BCUT2D eigenvalue weighted by atomic mass is 10.2. The third-order valence-corrected chi connectivity index (χ3v) is 2.89. The van der Waals surface area contributed by atoms with Crippen molar-refractivity contribution >= 4 is 35.0 Å². The third kappa shape index (κ3) is 3.70. The van der Waals surface area contributed by atoms with Crippen LogP contribution in [0.5, 0.6) is 0 Å². The van der Waals surface area contributed by atoms with E-state index < -0.39 is 17.8 Å². The predicted molar refractivity (Wildman–Crippen MR) is 77.5 cm³/mol. The van der Waals surface area contributed by atoms with E-state index in [1.54, 1.807) is 6.07 Å². The molecule has 0 aliphatic rings. The molecule has 0 unspecified atom stereocenters. The number of rotatable bonds is 3. The quantitative estimate of drug-likeness (QED) is 0.806. The minimum Gasteiger partial charge on any atom is -0.478 e. The Balaban J connectivity index is 2.08. The molecule has 2 amide bonds. The molecule has 0 fully saturated rings. The first kappa shape index (κ1) is 14.8. The summed E-state index contributed by atoms with van der Waals surface area (Å²) in [5.74, 6) is -1.73. The Morgan fingerprint density at radius 2 is 1.81 bits per heavy atom. The maximum atomic E-state index is 13.4. The summed E-state index contributed by atoms with van der Waals surface area (Å²) >= 11 is 5.78. The van der Waals surface area contributed by atoms with Gasteiger partial charge in [0.25, 0.3) is 0 Å². The van der Waals surface area contributed by atoms with Gasteiger partial charge in [-0.25, -0.2) is 14.0 Å².